The van der Waals surface area contributed by atoms with Crippen LogP contribution in [-0.2, 0) is 0 Å². The zero-order chi connectivity index (χ0) is 15.1. The van der Waals surface area contributed by atoms with Crippen LogP contribution in [0.5, 0.6) is 0 Å². The molecule has 0 amide bonds. The highest BCUT2D eigenvalue weighted by molar-refractivity contribution is 5.16. The maximum Gasteiger partial charge on any atom is 0.0287 e. The van der Waals surface area contributed by atoms with Crippen LogP contribution in [0.2, 0.25) is 0 Å². The minimum absolute atomic E-state index is 0.713. The Bertz CT molecular complexity index is 253. The van der Waals surface area contributed by atoms with E-state index in [0.29, 0.717) is 5.70 Å². The summed E-state index contributed by atoms with van der Waals surface area (Å²) in [7, 11) is 4.14. The summed E-state index contributed by atoms with van der Waals surface area (Å²) < 4.78 is 0. The molecule has 0 aromatic rings. The van der Waals surface area contributed by atoms with Crippen LogP contribution in [0.15, 0.2) is 35.2 Å². The average Bonchev–Trinajstić information content (AvgIpc) is 2.29. The molecule has 0 radical (unpaired) electrons. The van der Waals surface area contributed by atoms with Gasteiger partial charge >= 0.3 is 0 Å². The highest BCUT2D eigenvalue weighted by Gasteiger charge is 1.81. The van der Waals surface area contributed by atoms with Crippen molar-refractivity contribution in [1.29, 1.82) is 0 Å². The van der Waals surface area contributed by atoms with E-state index in [1.807, 2.05) is 20.8 Å². The number of allylic oxidation sites excluding steroid dienone is 4. The Morgan fingerprint density at radius 1 is 1.06 bits per heavy atom. The normalized spacial score (nSPS) is 10.9. The second-order valence-corrected chi connectivity index (χ2v) is 4.22. The van der Waals surface area contributed by atoms with Gasteiger partial charge in [0, 0.05) is 17.9 Å². The third kappa shape index (κ3) is 29.3. The minimum atomic E-state index is 0.713. The fourth-order valence-corrected chi connectivity index (χ4v) is 0.711. The van der Waals surface area contributed by atoms with Crippen molar-refractivity contribution in [3.63, 3.8) is 0 Å². The van der Waals surface area contributed by atoms with Gasteiger partial charge in [0.25, 0.3) is 0 Å². The molecule has 0 saturated heterocycles. The largest absolute Gasteiger partial charge is 0.402 e. The molecule has 3 heteroatoms. The number of nitrogens with two attached hydrogens (primary N) is 2. The molecular formula is C15H33N3. The lowest BCUT2D eigenvalue weighted by molar-refractivity contribution is 0.455. The standard InChI is InChI=1S/C7H15N.C6H12N2.C2H6/c1-7(2)5-6-8(3)4;1-3-6(8)4-5(2)7;1-2/h5H,6H2,1-4H3;3-4H,7-8H2,1-2H3;1-2H3/b;5-4+,6-3+;. The molecule has 0 aliphatic rings. The molecule has 108 valence electrons. The van der Waals surface area contributed by atoms with E-state index in [4.69, 9.17) is 11.5 Å². The molecule has 0 rings (SSSR count). The molecule has 0 fully saturated rings. The summed E-state index contributed by atoms with van der Waals surface area (Å²) in [5, 5.41) is 0. The van der Waals surface area contributed by atoms with Gasteiger partial charge in [-0.2, -0.15) is 0 Å². The van der Waals surface area contributed by atoms with Crippen molar-refractivity contribution in [2.75, 3.05) is 20.6 Å². The Kier molecular flexibility index (Phi) is 19.3. The number of likely N-dealkylation sites (N-methyl/N-ethyl adjacent to an activating group) is 1. The van der Waals surface area contributed by atoms with Gasteiger partial charge in [0.15, 0.2) is 0 Å². The molecular weight excluding hydrogens is 222 g/mol. The number of nitrogens with zero attached hydrogens (tertiary/aromatic N) is 1. The van der Waals surface area contributed by atoms with Gasteiger partial charge in [0.1, 0.15) is 0 Å². The molecule has 0 heterocycles. The highest BCUT2D eigenvalue weighted by Crippen LogP contribution is 1.88. The lowest BCUT2D eigenvalue weighted by Gasteiger charge is -2.03. The Morgan fingerprint density at radius 2 is 1.50 bits per heavy atom. The van der Waals surface area contributed by atoms with E-state index < -0.39 is 0 Å². The van der Waals surface area contributed by atoms with Gasteiger partial charge in [-0.25, -0.2) is 0 Å². The zero-order valence-electron chi connectivity index (χ0n) is 13.5. The van der Waals surface area contributed by atoms with E-state index in [2.05, 4.69) is 38.9 Å². The Hall–Kier alpha value is -1.22. The molecule has 0 aromatic heterocycles. The first-order chi connectivity index (χ1) is 8.29. The fraction of sp³-hybridized carbons (Fsp3) is 0.600. The second kappa shape index (κ2) is 15.8. The predicted octanol–water partition coefficient (Wildman–Crippen LogP) is 3.25. The van der Waals surface area contributed by atoms with Crippen molar-refractivity contribution < 1.29 is 0 Å². The van der Waals surface area contributed by atoms with Crippen LogP contribution < -0.4 is 11.5 Å². The smallest absolute Gasteiger partial charge is 0.0287 e. The van der Waals surface area contributed by atoms with Crippen molar-refractivity contribution in [2.24, 2.45) is 11.5 Å². The van der Waals surface area contributed by atoms with Crippen LogP contribution in [-0.4, -0.2) is 25.5 Å². The topological polar surface area (TPSA) is 55.3 Å². The van der Waals surface area contributed by atoms with Gasteiger partial charge in [-0.3, -0.25) is 0 Å². The summed E-state index contributed by atoms with van der Waals surface area (Å²) >= 11 is 0. The van der Waals surface area contributed by atoms with E-state index in [1.165, 1.54) is 5.57 Å². The summed E-state index contributed by atoms with van der Waals surface area (Å²) in [6.45, 7) is 13.0. The SMILES string of the molecule is C/C=C(N)\C=C(/C)N.CC.CC(C)=CCN(C)C. The fourth-order valence-electron chi connectivity index (χ4n) is 0.711. The Balaban J connectivity index is -0.000000219. The molecule has 0 atom stereocenters. The van der Waals surface area contributed by atoms with Gasteiger partial charge in [-0.1, -0.05) is 31.6 Å². The average molecular weight is 255 g/mol. The number of hydrogen-bond donors (Lipinski definition) is 2. The lowest BCUT2D eigenvalue weighted by Crippen LogP contribution is -2.10. The molecule has 0 aliphatic heterocycles. The van der Waals surface area contributed by atoms with Crippen LogP contribution >= 0.6 is 0 Å². The summed E-state index contributed by atoms with van der Waals surface area (Å²) in [4.78, 5) is 2.15. The van der Waals surface area contributed by atoms with Crippen LogP contribution in [0.3, 0.4) is 0 Å². The van der Waals surface area contributed by atoms with Gasteiger partial charge in [-0.05, 0) is 47.9 Å². The molecule has 0 saturated carbocycles. The van der Waals surface area contributed by atoms with Gasteiger partial charge < -0.3 is 16.4 Å². The van der Waals surface area contributed by atoms with Crippen LogP contribution in [0, 0.1) is 0 Å². The molecule has 4 N–H and O–H groups in total. The Morgan fingerprint density at radius 3 is 1.61 bits per heavy atom. The van der Waals surface area contributed by atoms with E-state index in [1.54, 1.807) is 19.1 Å². The van der Waals surface area contributed by atoms with Crippen molar-refractivity contribution in [1.82, 2.24) is 4.90 Å². The third-order valence-electron chi connectivity index (χ3n) is 1.59. The van der Waals surface area contributed by atoms with E-state index in [0.717, 1.165) is 12.2 Å². The first kappa shape index (κ1) is 22.0. The van der Waals surface area contributed by atoms with E-state index in [-0.39, 0.29) is 0 Å². The van der Waals surface area contributed by atoms with Gasteiger partial charge in [0.05, 0.1) is 0 Å². The van der Waals surface area contributed by atoms with Gasteiger partial charge in [-0.15, -0.1) is 0 Å². The molecule has 3 nitrogen and oxygen atoms in total. The van der Waals surface area contributed by atoms with Crippen molar-refractivity contribution >= 4 is 0 Å². The summed E-state index contributed by atoms with van der Waals surface area (Å²) in [5.74, 6) is 0. The summed E-state index contributed by atoms with van der Waals surface area (Å²) in [6, 6.07) is 0. The first-order valence-electron chi connectivity index (χ1n) is 6.43. The maximum absolute atomic E-state index is 5.38. The number of hydrogen-bond acceptors (Lipinski definition) is 3. The monoisotopic (exact) mass is 255 g/mol. The van der Waals surface area contributed by atoms with Crippen molar-refractivity contribution in [3.05, 3.63) is 35.2 Å². The van der Waals surface area contributed by atoms with Crippen LogP contribution in [0.1, 0.15) is 41.5 Å². The second-order valence-electron chi connectivity index (χ2n) is 4.22. The van der Waals surface area contributed by atoms with E-state index >= 15 is 0 Å². The molecule has 0 unspecified atom stereocenters. The molecule has 0 aliphatic carbocycles. The molecule has 0 bridgehead atoms. The van der Waals surface area contributed by atoms with Crippen molar-refractivity contribution in [3.8, 4) is 0 Å². The van der Waals surface area contributed by atoms with Gasteiger partial charge in [0.2, 0.25) is 0 Å². The third-order valence-corrected chi connectivity index (χ3v) is 1.59. The lowest BCUT2D eigenvalue weighted by atomic mass is 10.3. The predicted molar refractivity (Wildman–Crippen MR) is 85.2 cm³/mol. The minimum Gasteiger partial charge on any atom is -0.402 e. The molecule has 18 heavy (non-hydrogen) atoms. The zero-order valence-corrected chi connectivity index (χ0v) is 13.5. The quantitative estimate of drug-likeness (QED) is 0.601. The Labute approximate surface area is 114 Å². The van der Waals surface area contributed by atoms with Crippen LogP contribution in [0.4, 0.5) is 0 Å². The maximum atomic E-state index is 5.38. The number of rotatable bonds is 3. The summed E-state index contributed by atoms with van der Waals surface area (Å²) in [5.41, 5.74) is 13.5. The van der Waals surface area contributed by atoms with Crippen LogP contribution in [0.25, 0.3) is 0 Å². The highest BCUT2D eigenvalue weighted by atomic mass is 15.0. The first-order valence-corrected chi connectivity index (χ1v) is 6.43. The molecule has 0 aromatic carbocycles. The summed E-state index contributed by atoms with van der Waals surface area (Å²) in [6.07, 6.45) is 5.73. The van der Waals surface area contributed by atoms with Crippen molar-refractivity contribution in [2.45, 2.75) is 41.5 Å². The van der Waals surface area contributed by atoms with E-state index in [9.17, 15) is 0 Å². The molecule has 0 spiro atoms.